The lowest BCUT2D eigenvalue weighted by atomic mass is 10.2. The van der Waals surface area contributed by atoms with Gasteiger partial charge in [-0.05, 0) is 32.9 Å². The van der Waals surface area contributed by atoms with E-state index in [0.29, 0.717) is 12.5 Å². The lowest BCUT2D eigenvalue weighted by molar-refractivity contribution is 0.0585. The fourth-order valence-electron chi connectivity index (χ4n) is 1.47. The molecule has 0 spiro atoms. The average Bonchev–Trinajstić information content (AvgIpc) is 2.58. The second-order valence-electron chi connectivity index (χ2n) is 4.61. The third kappa shape index (κ3) is 2.08. The Kier molecular flexibility index (Phi) is 2.46. The lowest BCUT2D eigenvalue weighted by Crippen LogP contribution is -2.36. The van der Waals surface area contributed by atoms with E-state index >= 15 is 0 Å². The van der Waals surface area contributed by atoms with E-state index in [1.807, 2.05) is 26.8 Å². The molecule has 5 heteroatoms. The first-order chi connectivity index (χ1) is 7.47. The molecule has 0 atom stereocenters. The first-order valence-electron chi connectivity index (χ1n) is 5.17. The average molecular weight is 221 g/mol. The number of nitrogens with zero attached hydrogens (tertiary/aromatic N) is 2. The smallest absolute Gasteiger partial charge is 0.416 e. The van der Waals surface area contributed by atoms with Crippen LogP contribution >= 0.6 is 0 Å². The summed E-state index contributed by atoms with van der Waals surface area (Å²) in [6, 6.07) is 3.63. The van der Waals surface area contributed by atoms with Gasteiger partial charge in [-0.15, -0.1) is 0 Å². The Morgan fingerprint density at radius 2 is 2.31 bits per heavy atom. The summed E-state index contributed by atoms with van der Waals surface area (Å²) < 4.78 is 5.30. The van der Waals surface area contributed by atoms with Gasteiger partial charge in [0.25, 0.3) is 0 Å². The van der Waals surface area contributed by atoms with Gasteiger partial charge in [0.05, 0.1) is 5.69 Å². The molecular weight excluding hydrogens is 206 g/mol. The predicted molar refractivity (Wildman–Crippen MR) is 61.4 cm³/mol. The minimum Gasteiger partial charge on any atom is -0.443 e. The van der Waals surface area contributed by atoms with Gasteiger partial charge in [-0.1, -0.05) is 0 Å². The van der Waals surface area contributed by atoms with Crippen LogP contribution in [0.5, 0.6) is 0 Å². The summed E-state index contributed by atoms with van der Waals surface area (Å²) in [4.78, 5) is 17.5. The number of anilines is 2. The van der Waals surface area contributed by atoms with Gasteiger partial charge in [0.2, 0.25) is 0 Å². The summed E-state index contributed by atoms with van der Waals surface area (Å²) in [5, 5.41) is 3.03. The van der Waals surface area contributed by atoms with Crippen molar-refractivity contribution in [3.8, 4) is 0 Å². The van der Waals surface area contributed by atoms with Gasteiger partial charge in [0.15, 0.2) is 5.82 Å². The molecule has 0 aromatic carbocycles. The quantitative estimate of drug-likeness (QED) is 0.729. The number of ether oxygens (including phenoxy) is 1. The van der Waals surface area contributed by atoms with Crippen LogP contribution < -0.4 is 10.2 Å². The third-order valence-electron chi connectivity index (χ3n) is 2.10. The molecule has 2 heterocycles. The molecule has 16 heavy (non-hydrogen) atoms. The van der Waals surface area contributed by atoms with Crippen molar-refractivity contribution in [2.24, 2.45) is 0 Å². The molecule has 0 aliphatic carbocycles. The fraction of sp³-hybridized carbons (Fsp3) is 0.455. The lowest BCUT2D eigenvalue weighted by Gasteiger charge is -2.23. The highest BCUT2D eigenvalue weighted by Gasteiger charge is 2.28. The van der Waals surface area contributed by atoms with Crippen LogP contribution in [0.2, 0.25) is 0 Å². The highest BCUT2D eigenvalue weighted by Crippen LogP contribution is 2.29. The standard InChI is InChI=1S/C11H15N3O2/c1-11(2,3)16-10(15)14-7-13-9-8(14)5-4-6-12-9/h4-6H,7H2,1-3H3,(H,12,13). The highest BCUT2D eigenvalue weighted by atomic mass is 16.6. The Hall–Kier alpha value is -1.78. The Morgan fingerprint density at radius 3 is 3.00 bits per heavy atom. The van der Waals surface area contributed by atoms with E-state index in [4.69, 9.17) is 4.74 Å². The molecule has 2 rings (SSSR count). The second kappa shape index (κ2) is 3.66. The maximum Gasteiger partial charge on any atom is 0.416 e. The molecule has 1 aromatic heterocycles. The Morgan fingerprint density at radius 1 is 1.56 bits per heavy atom. The van der Waals surface area contributed by atoms with E-state index in [9.17, 15) is 4.79 Å². The summed E-state index contributed by atoms with van der Waals surface area (Å²) in [7, 11) is 0. The number of carbonyl (C=O) groups is 1. The number of carbonyl (C=O) groups excluding carboxylic acids is 1. The van der Waals surface area contributed by atoms with Crippen molar-refractivity contribution in [2.75, 3.05) is 16.9 Å². The van der Waals surface area contributed by atoms with Crippen molar-refractivity contribution in [1.29, 1.82) is 0 Å². The van der Waals surface area contributed by atoms with Crippen LogP contribution in [0.1, 0.15) is 20.8 Å². The number of hydrogen-bond acceptors (Lipinski definition) is 4. The van der Waals surface area contributed by atoms with Crippen LogP contribution in [0.15, 0.2) is 18.3 Å². The zero-order chi connectivity index (χ0) is 11.8. The van der Waals surface area contributed by atoms with E-state index in [0.717, 1.165) is 5.69 Å². The molecule has 0 fully saturated rings. The summed E-state index contributed by atoms with van der Waals surface area (Å²) in [6.45, 7) is 5.94. The van der Waals surface area contributed by atoms with Gasteiger partial charge in [-0.25, -0.2) is 9.78 Å². The van der Waals surface area contributed by atoms with Crippen molar-refractivity contribution in [3.05, 3.63) is 18.3 Å². The molecule has 1 amide bonds. The topological polar surface area (TPSA) is 54.5 Å². The third-order valence-corrected chi connectivity index (χ3v) is 2.10. The molecule has 0 unspecified atom stereocenters. The van der Waals surface area contributed by atoms with E-state index in [-0.39, 0.29) is 6.09 Å². The summed E-state index contributed by atoms with van der Waals surface area (Å²) in [5.41, 5.74) is 0.277. The van der Waals surface area contributed by atoms with E-state index in [1.54, 1.807) is 12.3 Å². The zero-order valence-corrected chi connectivity index (χ0v) is 9.65. The monoisotopic (exact) mass is 221 g/mol. The largest absolute Gasteiger partial charge is 0.443 e. The second-order valence-corrected chi connectivity index (χ2v) is 4.61. The maximum absolute atomic E-state index is 11.9. The number of amides is 1. The number of fused-ring (bicyclic) bond motifs is 1. The molecule has 1 aromatic rings. The van der Waals surface area contributed by atoms with Crippen molar-refractivity contribution in [1.82, 2.24) is 4.98 Å². The van der Waals surface area contributed by atoms with E-state index in [1.165, 1.54) is 4.90 Å². The van der Waals surface area contributed by atoms with Crippen molar-refractivity contribution >= 4 is 17.6 Å². The Balaban J connectivity index is 2.16. The summed E-state index contributed by atoms with van der Waals surface area (Å²) >= 11 is 0. The summed E-state index contributed by atoms with van der Waals surface area (Å²) in [5.74, 6) is 0.716. The van der Waals surface area contributed by atoms with Gasteiger partial charge in [-0.3, -0.25) is 4.90 Å². The van der Waals surface area contributed by atoms with Crippen LogP contribution in [0, 0.1) is 0 Å². The van der Waals surface area contributed by atoms with Crippen LogP contribution in [0.3, 0.4) is 0 Å². The molecule has 5 nitrogen and oxygen atoms in total. The van der Waals surface area contributed by atoms with E-state index in [2.05, 4.69) is 10.3 Å². The molecule has 0 radical (unpaired) electrons. The minimum atomic E-state index is -0.484. The first-order valence-corrected chi connectivity index (χ1v) is 5.17. The molecule has 0 bridgehead atoms. The van der Waals surface area contributed by atoms with Gasteiger partial charge in [-0.2, -0.15) is 0 Å². The highest BCUT2D eigenvalue weighted by molar-refractivity contribution is 5.94. The molecular formula is C11H15N3O2. The SMILES string of the molecule is CC(C)(C)OC(=O)N1CNc2ncccc21. The van der Waals surface area contributed by atoms with Gasteiger partial charge < -0.3 is 10.1 Å². The number of pyridine rings is 1. The Bertz CT molecular complexity index is 412. The zero-order valence-electron chi connectivity index (χ0n) is 9.65. The molecule has 1 N–H and O–H groups in total. The summed E-state index contributed by atoms with van der Waals surface area (Å²) in [6.07, 6.45) is 1.33. The molecule has 1 aliphatic heterocycles. The molecule has 86 valence electrons. The van der Waals surface area contributed by atoms with Crippen LogP contribution in [-0.4, -0.2) is 23.3 Å². The van der Waals surface area contributed by atoms with Crippen LogP contribution in [0.25, 0.3) is 0 Å². The van der Waals surface area contributed by atoms with Gasteiger partial charge in [0.1, 0.15) is 12.3 Å². The first kappa shape index (κ1) is 10.7. The fourth-order valence-corrected chi connectivity index (χ4v) is 1.47. The normalized spacial score (nSPS) is 14.3. The van der Waals surface area contributed by atoms with Gasteiger partial charge >= 0.3 is 6.09 Å². The molecule has 1 aliphatic rings. The predicted octanol–water partition coefficient (Wildman–Crippen LogP) is 2.21. The molecule has 0 saturated carbocycles. The van der Waals surface area contributed by atoms with Gasteiger partial charge in [0, 0.05) is 6.20 Å². The molecule has 0 saturated heterocycles. The number of hydrogen-bond donors (Lipinski definition) is 1. The maximum atomic E-state index is 11.9. The number of rotatable bonds is 0. The van der Waals surface area contributed by atoms with Crippen molar-refractivity contribution < 1.29 is 9.53 Å². The van der Waals surface area contributed by atoms with Crippen molar-refractivity contribution in [2.45, 2.75) is 26.4 Å². The van der Waals surface area contributed by atoms with Crippen LogP contribution in [-0.2, 0) is 4.74 Å². The van der Waals surface area contributed by atoms with Crippen molar-refractivity contribution in [3.63, 3.8) is 0 Å². The van der Waals surface area contributed by atoms with Crippen LogP contribution in [0.4, 0.5) is 16.3 Å². The Labute approximate surface area is 94.4 Å². The minimum absolute atomic E-state index is 0.355. The number of aromatic nitrogens is 1. The number of nitrogens with one attached hydrogen (secondary N) is 1. The van der Waals surface area contributed by atoms with E-state index < -0.39 is 5.60 Å².